The van der Waals surface area contributed by atoms with Gasteiger partial charge in [-0.15, -0.1) is 0 Å². The van der Waals surface area contributed by atoms with Gasteiger partial charge in [-0.2, -0.15) is 0 Å². The van der Waals surface area contributed by atoms with Gasteiger partial charge < -0.3 is 25.2 Å². The number of halogens is 1. The van der Waals surface area contributed by atoms with Crippen molar-refractivity contribution in [3.8, 4) is 0 Å². The van der Waals surface area contributed by atoms with Crippen molar-refractivity contribution in [2.75, 3.05) is 18.0 Å². The molecule has 34 heavy (non-hydrogen) atoms. The molecule has 3 atom stereocenters. The molecule has 8 nitrogen and oxygen atoms in total. The van der Waals surface area contributed by atoms with E-state index in [1.807, 2.05) is 6.07 Å². The van der Waals surface area contributed by atoms with E-state index < -0.39 is 5.82 Å². The molecule has 3 amide bonds. The molecular formula is C25H30FN5O3. The monoisotopic (exact) mass is 467 g/mol. The van der Waals surface area contributed by atoms with Gasteiger partial charge >= 0.3 is 6.03 Å². The second-order valence-electron chi connectivity index (χ2n) is 10.7. The van der Waals surface area contributed by atoms with Crippen LogP contribution in [-0.4, -0.2) is 46.9 Å². The number of anilines is 1. The van der Waals surface area contributed by atoms with E-state index in [9.17, 15) is 19.1 Å². The van der Waals surface area contributed by atoms with Gasteiger partial charge in [0.25, 0.3) is 5.91 Å². The lowest BCUT2D eigenvalue weighted by molar-refractivity contribution is 0.0963. The molecule has 2 aromatic rings. The molecule has 180 valence electrons. The number of hydrogen-bond acceptors (Lipinski definition) is 4. The number of amides is 3. The van der Waals surface area contributed by atoms with Gasteiger partial charge in [0.1, 0.15) is 17.7 Å². The summed E-state index contributed by atoms with van der Waals surface area (Å²) < 4.78 is 17.1. The van der Waals surface area contributed by atoms with E-state index in [1.54, 1.807) is 4.90 Å². The lowest BCUT2D eigenvalue weighted by Gasteiger charge is -2.36. The molecule has 3 aliphatic heterocycles. The Bertz CT molecular complexity index is 1210. The van der Waals surface area contributed by atoms with Crippen LogP contribution in [0.5, 0.6) is 0 Å². The molecule has 1 aromatic heterocycles. The average molecular weight is 468 g/mol. The predicted molar refractivity (Wildman–Crippen MR) is 124 cm³/mol. The van der Waals surface area contributed by atoms with E-state index in [2.05, 4.69) is 34.4 Å². The summed E-state index contributed by atoms with van der Waals surface area (Å²) in [5.74, 6) is -0.798. The smallest absolute Gasteiger partial charge is 0.316 e. The third kappa shape index (κ3) is 3.25. The van der Waals surface area contributed by atoms with Crippen LogP contribution in [-0.2, 0) is 26.0 Å². The third-order valence-electron chi connectivity index (χ3n) is 7.90. The zero-order valence-electron chi connectivity index (χ0n) is 19.4. The molecule has 6 rings (SSSR count). The van der Waals surface area contributed by atoms with Crippen molar-refractivity contribution >= 4 is 17.6 Å². The highest BCUT2D eigenvalue weighted by Crippen LogP contribution is 2.41. The Kier molecular flexibility index (Phi) is 4.80. The summed E-state index contributed by atoms with van der Waals surface area (Å²) in [6.45, 7) is 5.88. The van der Waals surface area contributed by atoms with Gasteiger partial charge in [0.15, 0.2) is 0 Å². The molecule has 0 spiro atoms. The van der Waals surface area contributed by atoms with Gasteiger partial charge in [-0.05, 0) is 60.5 Å². The molecule has 1 aliphatic carbocycles. The van der Waals surface area contributed by atoms with Crippen molar-refractivity contribution < 1.29 is 19.1 Å². The Morgan fingerprint density at radius 1 is 1.15 bits per heavy atom. The van der Waals surface area contributed by atoms with Crippen LogP contribution in [0.3, 0.4) is 0 Å². The number of piperidine rings is 1. The third-order valence-corrected chi connectivity index (χ3v) is 7.90. The summed E-state index contributed by atoms with van der Waals surface area (Å²) in [5, 5.41) is 19.4. The maximum Gasteiger partial charge on any atom is 0.316 e. The Balaban J connectivity index is 1.38. The number of carbonyl (C=O) groups excluding carboxylic acids is 2. The molecule has 4 N–H and O–H groups in total. The summed E-state index contributed by atoms with van der Waals surface area (Å²) >= 11 is 0. The SMILES string of the molecule is CC1(C)Cc2cc3n(c2C1)CCN(c1cc(F)cc(C2CCNC4NC(=O)NC42)c1CO)C3=O. The summed E-state index contributed by atoms with van der Waals surface area (Å²) in [5.41, 5.74) is 4.92. The number of carbonyl (C=O) groups is 2. The lowest BCUT2D eigenvalue weighted by atomic mass is 9.82. The van der Waals surface area contributed by atoms with Crippen molar-refractivity contribution in [3.05, 3.63) is 52.1 Å². The summed E-state index contributed by atoms with van der Waals surface area (Å²) in [6, 6.07) is 4.27. The minimum atomic E-state index is -0.451. The average Bonchev–Trinajstić information content (AvgIpc) is 3.42. The summed E-state index contributed by atoms with van der Waals surface area (Å²) in [6.07, 6.45) is 2.31. The van der Waals surface area contributed by atoms with Crippen LogP contribution in [0.15, 0.2) is 18.2 Å². The molecule has 2 saturated heterocycles. The molecule has 0 radical (unpaired) electrons. The first-order valence-electron chi connectivity index (χ1n) is 12.0. The second-order valence-corrected chi connectivity index (χ2v) is 10.7. The fourth-order valence-electron chi connectivity index (χ4n) is 6.47. The maximum absolute atomic E-state index is 15.0. The van der Waals surface area contributed by atoms with Gasteiger partial charge in [0, 0.05) is 30.3 Å². The fraction of sp³-hybridized carbons (Fsp3) is 0.520. The standard InChI is InChI=1S/C25H30FN5O3/c1-25(2)10-13-7-19-23(33)31(6-5-30(19)20(13)11-25)18-9-14(26)8-16(17(18)12-32)15-3-4-27-22-21(15)28-24(34)29-22/h7-9,15,21-22,27,32H,3-6,10-12H2,1-2H3,(H2,28,29,34). The van der Waals surface area contributed by atoms with Crippen molar-refractivity contribution in [3.63, 3.8) is 0 Å². The molecule has 0 saturated carbocycles. The van der Waals surface area contributed by atoms with Crippen molar-refractivity contribution in [2.45, 2.75) is 64.4 Å². The van der Waals surface area contributed by atoms with E-state index in [0.717, 1.165) is 12.8 Å². The van der Waals surface area contributed by atoms with Crippen LogP contribution in [0, 0.1) is 11.2 Å². The van der Waals surface area contributed by atoms with Crippen LogP contribution in [0.2, 0.25) is 0 Å². The number of aliphatic hydroxyl groups is 1. The van der Waals surface area contributed by atoms with Gasteiger partial charge in [0.2, 0.25) is 0 Å². The molecule has 1 aromatic carbocycles. The number of urea groups is 1. The first-order chi connectivity index (χ1) is 16.3. The minimum absolute atomic E-state index is 0.163. The van der Waals surface area contributed by atoms with E-state index in [1.165, 1.54) is 23.4 Å². The van der Waals surface area contributed by atoms with Crippen LogP contribution >= 0.6 is 0 Å². The Morgan fingerprint density at radius 2 is 1.97 bits per heavy atom. The van der Waals surface area contributed by atoms with Crippen LogP contribution in [0.25, 0.3) is 0 Å². The molecule has 4 heterocycles. The number of aromatic nitrogens is 1. The molecule has 4 aliphatic rings. The highest BCUT2D eigenvalue weighted by atomic mass is 19.1. The number of nitrogens with one attached hydrogen (secondary N) is 3. The molecular weight excluding hydrogens is 437 g/mol. The predicted octanol–water partition coefficient (Wildman–Crippen LogP) is 1.99. The minimum Gasteiger partial charge on any atom is -0.392 e. The molecule has 0 bridgehead atoms. The topological polar surface area (TPSA) is 98.6 Å². The first kappa shape index (κ1) is 21.6. The summed E-state index contributed by atoms with van der Waals surface area (Å²) in [7, 11) is 0. The van der Waals surface area contributed by atoms with E-state index in [4.69, 9.17) is 0 Å². The van der Waals surface area contributed by atoms with Gasteiger partial charge in [-0.1, -0.05) is 13.8 Å². The lowest BCUT2D eigenvalue weighted by Crippen LogP contribution is -2.53. The number of benzene rings is 1. The van der Waals surface area contributed by atoms with E-state index >= 15 is 0 Å². The zero-order valence-corrected chi connectivity index (χ0v) is 19.4. The maximum atomic E-state index is 15.0. The van der Waals surface area contributed by atoms with Gasteiger partial charge in [0.05, 0.1) is 18.3 Å². The highest BCUT2D eigenvalue weighted by Gasteiger charge is 2.42. The van der Waals surface area contributed by atoms with Gasteiger partial charge in [-0.3, -0.25) is 10.1 Å². The quantitative estimate of drug-likeness (QED) is 0.555. The number of aliphatic hydroxyl groups excluding tert-OH is 1. The number of fused-ring (bicyclic) bond motifs is 4. The van der Waals surface area contributed by atoms with Crippen molar-refractivity contribution in [2.24, 2.45) is 5.41 Å². The van der Waals surface area contributed by atoms with Crippen LogP contribution < -0.4 is 20.9 Å². The van der Waals surface area contributed by atoms with Crippen molar-refractivity contribution in [1.29, 1.82) is 0 Å². The number of rotatable bonds is 3. The highest BCUT2D eigenvalue weighted by molar-refractivity contribution is 6.06. The van der Waals surface area contributed by atoms with Crippen LogP contribution in [0.1, 0.15) is 59.1 Å². The number of nitrogens with zero attached hydrogens (tertiary/aromatic N) is 2. The van der Waals surface area contributed by atoms with E-state index in [-0.39, 0.29) is 42.1 Å². The van der Waals surface area contributed by atoms with E-state index in [0.29, 0.717) is 48.6 Å². The zero-order chi connectivity index (χ0) is 23.8. The largest absolute Gasteiger partial charge is 0.392 e. The molecule has 9 heteroatoms. The van der Waals surface area contributed by atoms with Gasteiger partial charge in [-0.25, -0.2) is 9.18 Å². The van der Waals surface area contributed by atoms with Crippen LogP contribution in [0.4, 0.5) is 14.9 Å². The summed E-state index contributed by atoms with van der Waals surface area (Å²) in [4.78, 5) is 27.1. The Labute approximate surface area is 197 Å². The molecule has 3 unspecified atom stereocenters. The normalized spacial score (nSPS) is 27.2. The van der Waals surface area contributed by atoms with Crippen molar-refractivity contribution in [1.82, 2.24) is 20.5 Å². The second kappa shape index (κ2) is 7.55. The number of hydrogen-bond donors (Lipinski definition) is 4. The Morgan fingerprint density at radius 3 is 2.76 bits per heavy atom. The first-order valence-corrected chi connectivity index (χ1v) is 12.0. The molecule has 2 fully saturated rings. The Hall–Kier alpha value is -2.91. The fourth-order valence-corrected chi connectivity index (χ4v) is 6.47.